The van der Waals surface area contributed by atoms with Gasteiger partial charge in [0.05, 0.1) is 11.5 Å². The Morgan fingerprint density at radius 2 is 1.79 bits per heavy atom. The molecule has 0 spiro atoms. The molecule has 0 radical (unpaired) electrons. The number of benzene rings is 2. The van der Waals surface area contributed by atoms with Gasteiger partial charge in [-0.2, -0.15) is 5.10 Å². The number of primary amides is 1. The van der Waals surface area contributed by atoms with Crippen LogP contribution in [0.4, 0.5) is 11.4 Å². The van der Waals surface area contributed by atoms with Crippen molar-refractivity contribution in [2.75, 3.05) is 5.32 Å². The predicted octanol–water partition coefficient (Wildman–Crippen LogP) is 2.81. The Kier molecular flexibility index (Phi) is 5.40. The van der Waals surface area contributed by atoms with Crippen molar-refractivity contribution in [3.63, 3.8) is 0 Å². The summed E-state index contributed by atoms with van der Waals surface area (Å²) in [5, 5.41) is 18.2. The smallest absolute Gasteiger partial charge is 0.312 e. The monoisotopic (exact) mass is 393 g/mol. The van der Waals surface area contributed by atoms with Crippen LogP contribution in [-0.4, -0.2) is 26.5 Å². The summed E-state index contributed by atoms with van der Waals surface area (Å²) in [6.07, 6.45) is 0. The van der Waals surface area contributed by atoms with E-state index in [0.717, 1.165) is 0 Å². The van der Waals surface area contributed by atoms with Gasteiger partial charge in [-0.15, -0.1) is 0 Å². The highest BCUT2D eigenvalue weighted by Gasteiger charge is 2.22. The number of aryl methyl sites for hydroxylation is 1. The first-order valence-electron chi connectivity index (χ1n) is 8.75. The van der Waals surface area contributed by atoms with Gasteiger partial charge in [0.2, 0.25) is 5.91 Å². The van der Waals surface area contributed by atoms with Gasteiger partial charge in [0.25, 0.3) is 5.91 Å². The molecule has 9 nitrogen and oxygen atoms in total. The van der Waals surface area contributed by atoms with E-state index in [2.05, 4.69) is 10.4 Å². The summed E-state index contributed by atoms with van der Waals surface area (Å²) in [5.74, 6) is -0.893. The standard InChI is InChI=1S/C20H19N5O4/c1-12-18(25(28)29)13(2)24(23-12)11-15-5-3-4-6-17(15)20(27)22-16-9-7-14(8-10-16)19(21)26/h3-10H,11H2,1-2H3,(H2,21,26)(H,22,27). The van der Waals surface area contributed by atoms with Gasteiger partial charge in [0.1, 0.15) is 11.4 Å². The molecule has 0 saturated heterocycles. The molecule has 3 rings (SSSR count). The Hall–Kier alpha value is -4.01. The summed E-state index contributed by atoms with van der Waals surface area (Å²) in [5.41, 5.74) is 7.87. The number of hydrogen-bond acceptors (Lipinski definition) is 5. The summed E-state index contributed by atoms with van der Waals surface area (Å²) >= 11 is 0. The number of nitrogens with zero attached hydrogens (tertiary/aromatic N) is 3. The molecule has 0 bridgehead atoms. The average molecular weight is 393 g/mol. The van der Waals surface area contributed by atoms with Crippen LogP contribution < -0.4 is 11.1 Å². The molecular formula is C20H19N5O4. The summed E-state index contributed by atoms with van der Waals surface area (Å²) in [6.45, 7) is 3.42. The number of hydrogen-bond donors (Lipinski definition) is 2. The molecule has 3 aromatic rings. The van der Waals surface area contributed by atoms with Gasteiger partial charge in [-0.05, 0) is 49.7 Å². The number of nitrogens with one attached hydrogen (secondary N) is 1. The molecule has 0 aliphatic carbocycles. The third-order valence-electron chi connectivity index (χ3n) is 4.54. The lowest BCUT2D eigenvalue weighted by Crippen LogP contribution is -2.16. The summed E-state index contributed by atoms with van der Waals surface area (Å²) in [6, 6.07) is 13.2. The molecule has 0 saturated carbocycles. The van der Waals surface area contributed by atoms with Crippen LogP contribution in [0.1, 0.15) is 37.7 Å². The molecule has 0 unspecified atom stereocenters. The molecule has 0 aliphatic rings. The summed E-state index contributed by atoms with van der Waals surface area (Å²) in [4.78, 5) is 34.7. The molecule has 0 atom stereocenters. The van der Waals surface area contributed by atoms with Crippen LogP contribution >= 0.6 is 0 Å². The van der Waals surface area contributed by atoms with Gasteiger partial charge < -0.3 is 11.1 Å². The second-order valence-electron chi connectivity index (χ2n) is 6.49. The Balaban J connectivity index is 1.85. The largest absolute Gasteiger partial charge is 0.366 e. The Morgan fingerprint density at radius 3 is 2.38 bits per heavy atom. The number of anilines is 1. The van der Waals surface area contributed by atoms with Crippen molar-refractivity contribution in [2.24, 2.45) is 5.73 Å². The Labute approximate surface area is 166 Å². The molecule has 2 aromatic carbocycles. The molecule has 148 valence electrons. The van der Waals surface area contributed by atoms with Crippen molar-refractivity contribution < 1.29 is 14.5 Å². The van der Waals surface area contributed by atoms with E-state index in [4.69, 9.17) is 5.73 Å². The first-order chi connectivity index (χ1) is 13.8. The molecule has 2 amide bonds. The van der Waals surface area contributed by atoms with Crippen LogP contribution in [-0.2, 0) is 6.54 Å². The van der Waals surface area contributed by atoms with Crippen molar-refractivity contribution in [3.8, 4) is 0 Å². The lowest BCUT2D eigenvalue weighted by Gasteiger charge is -2.11. The number of rotatable bonds is 6. The maximum atomic E-state index is 12.8. The van der Waals surface area contributed by atoms with Gasteiger partial charge >= 0.3 is 5.69 Å². The third kappa shape index (κ3) is 4.13. The van der Waals surface area contributed by atoms with E-state index < -0.39 is 10.8 Å². The molecule has 3 N–H and O–H groups in total. The first kappa shape index (κ1) is 19.7. The topological polar surface area (TPSA) is 133 Å². The molecule has 29 heavy (non-hydrogen) atoms. The first-order valence-corrected chi connectivity index (χ1v) is 8.75. The lowest BCUT2D eigenvalue weighted by atomic mass is 10.1. The lowest BCUT2D eigenvalue weighted by molar-refractivity contribution is -0.386. The van der Waals surface area contributed by atoms with Crippen LogP contribution in [0.2, 0.25) is 0 Å². The number of carbonyl (C=O) groups excluding carboxylic acids is 2. The zero-order valence-corrected chi connectivity index (χ0v) is 15.9. The van der Waals surface area contributed by atoms with Crippen LogP contribution in [0.3, 0.4) is 0 Å². The predicted molar refractivity (Wildman–Crippen MR) is 107 cm³/mol. The van der Waals surface area contributed by atoms with Gasteiger partial charge in [0, 0.05) is 16.8 Å². The van der Waals surface area contributed by atoms with E-state index in [1.165, 1.54) is 16.8 Å². The average Bonchev–Trinajstić information content (AvgIpc) is 2.95. The Morgan fingerprint density at radius 1 is 1.14 bits per heavy atom. The minimum atomic E-state index is -0.549. The van der Waals surface area contributed by atoms with Crippen molar-refractivity contribution >= 4 is 23.2 Å². The fourth-order valence-corrected chi connectivity index (χ4v) is 3.06. The van der Waals surface area contributed by atoms with Crippen LogP contribution in [0.15, 0.2) is 48.5 Å². The number of amides is 2. The highest BCUT2D eigenvalue weighted by atomic mass is 16.6. The quantitative estimate of drug-likeness (QED) is 0.491. The van der Waals surface area contributed by atoms with Crippen LogP contribution in [0.5, 0.6) is 0 Å². The van der Waals surface area contributed by atoms with Gasteiger partial charge in [-0.25, -0.2) is 0 Å². The van der Waals surface area contributed by atoms with Gasteiger partial charge in [-0.1, -0.05) is 18.2 Å². The normalized spacial score (nSPS) is 10.6. The fourth-order valence-electron chi connectivity index (χ4n) is 3.06. The molecule has 1 heterocycles. The Bertz CT molecular complexity index is 1100. The van der Waals surface area contributed by atoms with E-state index >= 15 is 0 Å². The highest BCUT2D eigenvalue weighted by molar-refractivity contribution is 6.05. The molecule has 0 fully saturated rings. The number of aromatic nitrogens is 2. The maximum absolute atomic E-state index is 12.8. The van der Waals surface area contributed by atoms with Crippen LogP contribution in [0, 0.1) is 24.0 Å². The molecule has 9 heteroatoms. The second-order valence-corrected chi connectivity index (χ2v) is 6.49. The van der Waals surface area contributed by atoms with E-state index in [1.54, 1.807) is 50.2 Å². The SMILES string of the molecule is Cc1nn(Cc2ccccc2C(=O)Nc2ccc(C(N)=O)cc2)c(C)c1[N+](=O)[O-]. The van der Waals surface area contributed by atoms with Crippen LogP contribution in [0.25, 0.3) is 0 Å². The zero-order chi connectivity index (χ0) is 21.1. The zero-order valence-electron chi connectivity index (χ0n) is 15.9. The second kappa shape index (κ2) is 7.93. The highest BCUT2D eigenvalue weighted by Crippen LogP contribution is 2.23. The number of nitrogens with two attached hydrogens (primary N) is 1. The third-order valence-corrected chi connectivity index (χ3v) is 4.54. The summed E-state index contributed by atoms with van der Waals surface area (Å²) in [7, 11) is 0. The van der Waals surface area contributed by atoms with E-state index in [0.29, 0.717) is 33.8 Å². The van der Waals surface area contributed by atoms with Crippen molar-refractivity contribution in [1.82, 2.24) is 9.78 Å². The molecule has 1 aromatic heterocycles. The van der Waals surface area contributed by atoms with E-state index in [-0.39, 0.29) is 18.1 Å². The molecular weight excluding hydrogens is 374 g/mol. The van der Waals surface area contributed by atoms with E-state index in [9.17, 15) is 19.7 Å². The fraction of sp³-hybridized carbons (Fsp3) is 0.150. The minimum Gasteiger partial charge on any atom is -0.366 e. The van der Waals surface area contributed by atoms with Crippen molar-refractivity contribution in [2.45, 2.75) is 20.4 Å². The van der Waals surface area contributed by atoms with Crippen molar-refractivity contribution in [3.05, 3.63) is 86.7 Å². The van der Waals surface area contributed by atoms with Crippen molar-refractivity contribution in [1.29, 1.82) is 0 Å². The maximum Gasteiger partial charge on any atom is 0.312 e. The number of nitro groups is 1. The van der Waals surface area contributed by atoms with Gasteiger partial charge in [-0.3, -0.25) is 24.4 Å². The van der Waals surface area contributed by atoms with Gasteiger partial charge in [0.15, 0.2) is 0 Å². The minimum absolute atomic E-state index is 0.0264. The summed E-state index contributed by atoms with van der Waals surface area (Å²) < 4.78 is 1.52. The molecule has 0 aliphatic heterocycles. The number of carbonyl (C=O) groups is 2. The van der Waals surface area contributed by atoms with E-state index in [1.807, 2.05) is 0 Å².